The van der Waals surface area contributed by atoms with Gasteiger partial charge in [-0.1, -0.05) is 30.1 Å². The predicted octanol–water partition coefficient (Wildman–Crippen LogP) is 6.64. The number of carbonyl (C=O) groups is 1. The first-order valence-electron chi connectivity index (χ1n) is 15.2. The van der Waals surface area contributed by atoms with Gasteiger partial charge in [0.05, 0.1) is 16.7 Å². The van der Waals surface area contributed by atoms with E-state index >= 15 is 0 Å². The average molecular weight is 552 g/mol. The molecule has 6 fully saturated rings. The Labute approximate surface area is 239 Å². The highest BCUT2D eigenvalue weighted by Gasteiger charge is 2.73. The molecular formula is C33H34FN5O2. The molecule has 1 aromatic carbocycles. The van der Waals surface area contributed by atoms with Gasteiger partial charge < -0.3 is 9.42 Å². The molecule has 0 spiro atoms. The third-order valence-electron chi connectivity index (χ3n) is 10.8. The van der Waals surface area contributed by atoms with E-state index in [0.29, 0.717) is 49.1 Å². The Morgan fingerprint density at radius 2 is 1.98 bits per heavy atom. The van der Waals surface area contributed by atoms with E-state index in [0.717, 1.165) is 80.0 Å². The number of nitrogens with zero attached hydrogens (tertiary/aromatic N) is 5. The van der Waals surface area contributed by atoms with Gasteiger partial charge in [-0.15, -0.1) is 0 Å². The third-order valence-corrected chi connectivity index (χ3v) is 10.8. The van der Waals surface area contributed by atoms with Gasteiger partial charge in [-0.25, -0.2) is 4.39 Å². The highest BCUT2D eigenvalue weighted by atomic mass is 19.1. The van der Waals surface area contributed by atoms with E-state index in [9.17, 15) is 9.18 Å². The molecule has 2 heterocycles. The molecule has 41 heavy (non-hydrogen) atoms. The van der Waals surface area contributed by atoms with E-state index in [-0.39, 0.29) is 11.3 Å². The fourth-order valence-electron chi connectivity index (χ4n) is 8.42. The lowest BCUT2D eigenvalue weighted by atomic mass is 9.42. The predicted molar refractivity (Wildman–Crippen MR) is 149 cm³/mol. The molecule has 0 saturated heterocycles. The van der Waals surface area contributed by atoms with Crippen molar-refractivity contribution >= 4 is 11.6 Å². The first-order chi connectivity index (χ1) is 19.9. The lowest BCUT2D eigenvalue weighted by Crippen LogP contribution is -2.70. The van der Waals surface area contributed by atoms with Crippen molar-refractivity contribution in [3.05, 3.63) is 59.9 Å². The third kappa shape index (κ3) is 4.11. The zero-order valence-corrected chi connectivity index (χ0v) is 23.2. The molecular weight excluding hydrogens is 517 g/mol. The molecule has 1 amide bonds. The first kappa shape index (κ1) is 25.1. The van der Waals surface area contributed by atoms with Crippen LogP contribution in [0.15, 0.2) is 47.1 Å². The maximum absolute atomic E-state index is 14.6. The van der Waals surface area contributed by atoms with Crippen molar-refractivity contribution < 1.29 is 13.7 Å². The number of rotatable bonds is 7. The number of nitriles is 1. The first-order valence-corrected chi connectivity index (χ1v) is 15.2. The van der Waals surface area contributed by atoms with Crippen molar-refractivity contribution in [1.29, 1.82) is 5.26 Å². The number of halogens is 1. The smallest absolute Gasteiger partial charge is 0.233 e. The van der Waals surface area contributed by atoms with Crippen LogP contribution in [0.25, 0.3) is 11.3 Å². The van der Waals surface area contributed by atoms with Crippen LogP contribution in [-0.4, -0.2) is 33.2 Å². The van der Waals surface area contributed by atoms with Crippen molar-refractivity contribution in [2.75, 3.05) is 11.4 Å². The number of anilines is 1. The van der Waals surface area contributed by atoms with Crippen LogP contribution in [0, 0.1) is 28.6 Å². The Morgan fingerprint density at radius 3 is 2.71 bits per heavy atom. The molecule has 6 saturated carbocycles. The van der Waals surface area contributed by atoms with Crippen LogP contribution in [0.3, 0.4) is 0 Å². The normalized spacial score (nSPS) is 33.3. The Hall–Kier alpha value is -3.60. The van der Waals surface area contributed by atoms with Crippen LogP contribution in [0.4, 0.5) is 10.1 Å². The minimum absolute atomic E-state index is 0.0377. The number of carbonyl (C=O) groups excluding carboxylic acids is 1. The molecule has 3 aromatic rings. The summed E-state index contributed by atoms with van der Waals surface area (Å²) in [4.78, 5) is 25.5. The molecule has 9 rings (SSSR count). The summed E-state index contributed by atoms with van der Waals surface area (Å²) in [6, 6.07) is 13.7. The van der Waals surface area contributed by atoms with E-state index in [1.807, 2.05) is 35.2 Å². The summed E-state index contributed by atoms with van der Waals surface area (Å²) in [5.74, 6) is 3.11. The average Bonchev–Trinajstić information content (AvgIpc) is 3.70. The Kier molecular flexibility index (Phi) is 5.49. The van der Waals surface area contributed by atoms with Gasteiger partial charge in [-0.3, -0.25) is 9.78 Å². The van der Waals surface area contributed by atoms with Crippen molar-refractivity contribution in [3.8, 4) is 17.3 Å². The topological polar surface area (TPSA) is 95.9 Å². The highest BCUT2D eigenvalue weighted by Crippen LogP contribution is 2.70. The monoisotopic (exact) mass is 551 g/mol. The quantitative estimate of drug-likeness (QED) is 0.326. The number of fused-ring (bicyclic) bond motifs is 2. The minimum atomic E-state index is -1.13. The molecule has 0 N–H and O–H groups in total. The van der Waals surface area contributed by atoms with Crippen LogP contribution >= 0.6 is 0 Å². The summed E-state index contributed by atoms with van der Waals surface area (Å²) >= 11 is 0. The molecule has 0 aliphatic heterocycles. The molecule has 8 heteroatoms. The number of pyridine rings is 1. The van der Waals surface area contributed by atoms with E-state index in [1.54, 1.807) is 12.3 Å². The van der Waals surface area contributed by atoms with Gasteiger partial charge in [0, 0.05) is 35.3 Å². The van der Waals surface area contributed by atoms with Crippen molar-refractivity contribution in [1.82, 2.24) is 15.1 Å². The van der Waals surface area contributed by atoms with E-state index in [2.05, 4.69) is 16.2 Å². The second-order valence-electron chi connectivity index (χ2n) is 13.6. The SMILES string of the molecule is N#Cc1ccc(-c2cccc(N(CC3CCC4(c5nc(C6CC6)no5)CCCC3C4)C(=O)C34CC(F)(C3)C4)c2)nc1. The summed E-state index contributed by atoms with van der Waals surface area (Å²) in [6.45, 7) is 0.641. The largest absolute Gasteiger partial charge is 0.339 e. The summed E-state index contributed by atoms with van der Waals surface area (Å²) in [6.07, 6.45) is 11.3. The maximum atomic E-state index is 14.6. The number of hydrogen-bond donors (Lipinski definition) is 0. The summed E-state index contributed by atoms with van der Waals surface area (Å²) in [7, 11) is 0. The van der Waals surface area contributed by atoms with Gasteiger partial charge in [0.2, 0.25) is 11.8 Å². The number of aromatic nitrogens is 3. The Balaban J connectivity index is 1.07. The molecule has 210 valence electrons. The van der Waals surface area contributed by atoms with Crippen LogP contribution in [0.5, 0.6) is 0 Å². The summed E-state index contributed by atoms with van der Waals surface area (Å²) in [5, 5.41) is 13.5. The second-order valence-corrected chi connectivity index (χ2v) is 13.6. The van der Waals surface area contributed by atoms with Crippen LogP contribution in [-0.2, 0) is 10.2 Å². The van der Waals surface area contributed by atoms with Gasteiger partial charge in [-0.05, 0) is 93.9 Å². The summed E-state index contributed by atoms with van der Waals surface area (Å²) in [5.41, 5.74) is 1.28. The number of alkyl halides is 1. The highest BCUT2D eigenvalue weighted by molar-refractivity contribution is 6.00. The van der Waals surface area contributed by atoms with Gasteiger partial charge in [0.15, 0.2) is 5.82 Å². The van der Waals surface area contributed by atoms with E-state index in [1.165, 1.54) is 0 Å². The Morgan fingerprint density at radius 1 is 1.12 bits per heavy atom. The van der Waals surface area contributed by atoms with Gasteiger partial charge >= 0.3 is 0 Å². The molecule has 3 unspecified atom stereocenters. The van der Waals surface area contributed by atoms with Gasteiger partial charge in [0.25, 0.3) is 0 Å². The maximum Gasteiger partial charge on any atom is 0.233 e. The molecule has 6 aliphatic carbocycles. The molecule has 4 bridgehead atoms. The van der Waals surface area contributed by atoms with Crippen molar-refractivity contribution in [3.63, 3.8) is 0 Å². The minimum Gasteiger partial charge on any atom is -0.339 e. The Bertz CT molecular complexity index is 1540. The summed E-state index contributed by atoms with van der Waals surface area (Å²) < 4.78 is 20.4. The molecule has 2 aromatic heterocycles. The molecule has 3 atom stereocenters. The van der Waals surface area contributed by atoms with E-state index in [4.69, 9.17) is 14.8 Å². The van der Waals surface area contributed by atoms with Crippen LogP contribution in [0.1, 0.15) is 93.8 Å². The van der Waals surface area contributed by atoms with Crippen molar-refractivity contribution in [2.45, 2.75) is 87.6 Å². The van der Waals surface area contributed by atoms with E-state index < -0.39 is 11.1 Å². The van der Waals surface area contributed by atoms with Crippen LogP contribution < -0.4 is 4.90 Å². The zero-order chi connectivity index (χ0) is 27.8. The molecule has 6 aliphatic rings. The zero-order valence-electron chi connectivity index (χ0n) is 23.2. The lowest BCUT2D eigenvalue weighted by molar-refractivity contribution is -0.211. The van der Waals surface area contributed by atoms with Crippen molar-refractivity contribution in [2.24, 2.45) is 17.3 Å². The second kappa shape index (κ2) is 8.95. The molecule has 0 radical (unpaired) electrons. The fourth-order valence-corrected chi connectivity index (χ4v) is 8.42. The van der Waals surface area contributed by atoms with Gasteiger partial charge in [-0.2, -0.15) is 10.2 Å². The fraction of sp³-hybridized carbons (Fsp3) is 0.545. The number of amides is 1. The standard InChI is InChI=1S/C33H34FN5O2/c34-33-18-32(19-33,20-33)30(40)39(26-5-1-3-23(13-26)27-9-6-21(15-35)16-36-27)17-25-10-12-31(11-2-4-24(25)14-31)29-37-28(38-41-29)22-7-8-22/h1,3,5-6,9,13,16,22,24-25H,2,4,7-8,10-12,14,17-20H2. The lowest BCUT2D eigenvalue weighted by Gasteiger charge is -2.65. The molecule has 7 nitrogen and oxygen atoms in total. The van der Waals surface area contributed by atoms with Crippen LogP contribution in [0.2, 0.25) is 0 Å². The van der Waals surface area contributed by atoms with Gasteiger partial charge in [0.1, 0.15) is 11.7 Å². The number of hydrogen-bond acceptors (Lipinski definition) is 6. The number of benzene rings is 1.